The molecule has 0 aliphatic heterocycles. The average Bonchev–Trinajstić information content (AvgIpc) is 3.07. The number of carbonyl (C=O) groups excluding carboxylic acids is 1. The summed E-state index contributed by atoms with van der Waals surface area (Å²) in [4.78, 5) is 17.7. The normalized spacial score (nSPS) is 34.8. The van der Waals surface area contributed by atoms with Gasteiger partial charge < -0.3 is 4.74 Å². The van der Waals surface area contributed by atoms with Gasteiger partial charge in [-0.05, 0) is 50.4 Å². The van der Waals surface area contributed by atoms with Crippen LogP contribution in [0.25, 0.3) is 10.6 Å². The molecule has 4 saturated carbocycles. The third-order valence-electron chi connectivity index (χ3n) is 6.35. The molecule has 0 saturated heterocycles. The Hall–Kier alpha value is -1.20. The third kappa shape index (κ3) is 2.93. The molecule has 0 N–H and O–H groups in total. The number of thiazole rings is 1. The summed E-state index contributed by atoms with van der Waals surface area (Å²) >= 11 is 5.57. The lowest BCUT2D eigenvalue weighted by Gasteiger charge is -2.58. The van der Waals surface area contributed by atoms with E-state index in [9.17, 15) is 4.79 Å². The molecule has 136 valence electrons. The number of benzene rings is 1. The summed E-state index contributed by atoms with van der Waals surface area (Å²) in [7, 11) is 0. The Labute approximate surface area is 166 Å². The van der Waals surface area contributed by atoms with Crippen LogP contribution in [0.1, 0.15) is 44.2 Å². The van der Waals surface area contributed by atoms with E-state index in [4.69, 9.17) is 4.74 Å². The first-order chi connectivity index (χ1) is 12.5. The summed E-state index contributed by atoms with van der Waals surface area (Å²) in [5.74, 6) is 1.38. The lowest BCUT2D eigenvalue weighted by Crippen LogP contribution is -2.56. The highest BCUT2D eigenvalue weighted by molar-refractivity contribution is 9.10. The molecular formula is C21H22BrNO2S. The predicted molar refractivity (Wildman–Crippen MR) is 106 cm³/mol. The number of aromatic nitrogens is 1. The van der Waals surface area contributed by atoms with E-state index in [1.54, 1.807) is 11.3 Å². The molecule has 4 bridgehead atoms. The van der Waals surface area contributed by atoms with E-state index in [1.165, 1.54) is 19.3 Å². The Bertz CT molecular complexity index is 820. The molecule has 2 aromatic rings. The summed E-state index contributed by atoms with van der Waals surface area (Å²) in [5, 5.41) is 2.98. The van der Waals surface area contributed by atoms with Crippen molar-refractivity contribution in [3.05, 3.63) is 41.4 Å². The molecule has 1 aromatic carbocycles. The zero-order valence-corrected chi connectivity index (χ0v) is 17.0. The van der Waals surface area contributed by atoms with E-state index in [0.717, 1.165) is 35.5 Å². The third-order valence-corrected chi connectivity index (χ3v) is 8.21. The van der Waals surface area contributed by atoms with Gasteiger partial charge in [-0.2, -0.15) is 0 Å². The molecule has 4 fully saturated rings. The van der Waals surface area contributed by atoms with E-state index in [-0.39, 0.29) is 22.3 Å². The summed E-state index contributed by atoms with van der Waals surface area (Å²) in [6.45, 7) is 0.286. The second-order valence-electron chi connectivity index (χ2n) is 8.48. The van der Waals surface area contributed by atoms with Crippen LogP contribution in [-0.2, 0) is 16.1 Å². The highest BCUT2D eigenvalue weighted by Crippen LogP contribution is 2.64. The first-order valence-electron chi connectivity index (χ1n) is 9.40. The van der Waals surface area contributed by atoms with Crippen molar-refractivity contribution >= 4 is 33.2 Å². The molecule has 1 aromatic heterocycles. The average molecular weight is 432 g/mol. The van der Waals surface area contributed by atoms with Crippen molar-refractivity contribution < 1.29 is 9.53 Å². The molecule has 5 heteroatoms. The molecule has 4 aliphatic carbocycles. The molecule has 0 amide bonds. The van der Waals surface area contributed by atoms with Crippen LogP contribution in [0.3, 0.4) is 0 Å². The standard InChI is InChI=1S/C21H22BrNO2S/c22-21-9-14-6-15(10-21)8-20(7-14,13-21)19(24)25-11-17-12-26-18(23-17)16-4-2-1-3-5-16/h1-5,12,14-15H,6-11,13H2/t14-,15-,20?,21?/m1/s1. The fourth-order valence-electron chi connectivity index (χ4n) is 5.77. The Kier molecular flexibility index (Phi) is 4.02. The van der Waals surface area contributed by atoms with Gasteiger partial charge in [0.1, 0.15) is 11.6 Å². The van der Waals surface area contributed by atoms with Crippen LogP contribution in [0.15, 0.2) is 35.7 Å². The number of hydrogen-bond donors (Lipinski definition) is 0. The van der Waals surface area contributed by atoms with Crippen molar-refractivity contribution in [2.45, 2.75) is 49.5 Å². The maximum Gasteiger partial charge on any atom is 0.312 e. The maximum absolute atomic E-state index is 13.0. The molecule has 2 atom stereocenters. The van der Waals surface area contributed by atoms with Gasteiger partial charge in [0.2, 0.25) is 0 Å². The Morgan fingerprint density at radius 1 is 1.19 bits per heavy atom. The molecule has 1 heterocycles. The van der Waals surface area contributed by atoms with Gasteiger partial charge in [-0.3, -0.25) is 4.79 Å². The quantitative estimate of drug-likeness (QED) is 0.467. The number of hydrogen-bond acceptors (Lipinski definition) is 4. The highest BCUT2D eigenvalue weighted by Gasteiger charge is 2.60. The molecule has 26 heavy (non-hydrogen) atoms. The number of esters is 1. The minimum absolute atomic E-state index is 0.00434. The second-order valence-corrected chi connectivity index (χ2v) is 11.0. The number of rotatable bonds is 4. The monoisotopic (exact) mass is 431 g/mol. The molecule has 0 radical (unpaired) electrons. The molecular weight excluding hydrogens is 410 g/mol. The summed E-state index contributed by atoms with van der Waals surface area (Å²) in [6.07, 6.45) is 6.73. The minimum Gasteiger partial charge on any atom is -0.459 e. The molecule has 6 rings (SSSR count). The zero-order chi connectivity index (χ0) is 17.8. The van der Waals surface area contributed by atoms with Gasteiger partial charge in [0.15, 0.2) is 0 Å². The minimum atomic E-state index is -0.258. The summed E-state index contributed by atoms with van der Waals surface area (Å²) in [5.41, 5.74) is 1.70. The van der Waals surface area contributed by atoms with Gasteiger partial charge in [0, 0.05) is 15.3 Å². The Morgan fingerprint density at radius 3 is 2.62 bits per heavy atom. The van der Waals surface area contributed by atoms with E-state index in [0.29, 0.717) is 11.8 Å². The fraction of sp³-hybridized carbons (Fsp3) is 0.524. The van der Waals surface area contributed by atoms with Gasteiger partial charge in [-0.15, -0.1) is 11.3 Å². The van der Waals surface area contributed by atoms with Crippen molar-refractivity contribution in [2.24, 2.45) is 17.3 Å². The summed E-state index contributed by atoms with van der Waals surface area (Å²) in [6, 6.07) is 10.1. The van der Waals surface area contributed by atoms with Gasteiger partial charge in [0.25, 0.3) is 0 Å². The number of nitrogens with zero attached hydrogens (tertiary/aromatic N) is 1. The highest BCUT2D eigenvalue weighted by atomic mass is 79.9. The Balaban J connectivity index is 1.28. The summed E-state index contributed by atoms with van der Waals surface area (Å²) < 4.78 is 5.97. The van der Waals surface area contributed by atoms with Crippen molar-refractivity contribution in [1.82, 2.24) is 4.98 Å². The van der Waals surface area contributed by atoms with E-state index in [1.807, 2.05) is 23.6 Å². The zero-order valence-electron chi connectivity index (χ0n) is 14.6. The molecule has 0 spiro atoms. The van der Waals surface area contributed by atoms with Gasteiger partial charge >= 0.3 is 5.97 Å². The number of carbonyl (C=O) groups is 1. The first kappa shape index (κ1) is 16.9. The smallest absolute Gasteiger partial charge is 0.312 e. The van der Waals surface area contributed by atoms with Crippen molar-refractivity contribution in [2.75, 3.05) is 0 Å². The number of ether oxygens (including phenoxy) is 1. The van der Waals surface area contributed by atoms with Crippen LogP contribution in [0.5, 0.6) is 0 Å². The topological polar surface area (TPSA) is 39.2 Å². The lowest BCUT2D eigenvalue weighted by atomic mass is 9.49. The van der Waals surface area contributed by atoms with Crippen LogP contribution in [0.2, 0.25) is 0 Å². The van der Waals surface area contributed by atoms with Gasteiger partial charge in [0.05, 0.1) is 11.1 Å². The molecule has 0 unspecified atom stereocenters. The van der Waals surface area contributed by atoms with E-state index in [2.05, 4.69) is 33.0 Å². The number of alkyl halides is 1. The van der Waals surface area contributed by atoms with Crippen molar-refractivity contribution in [3.63, 3.8) is 0 Å². The lowest BCUT2D eigenvalue weighted by molar-refractivity contribution is -0.171. The fourth-order valence-corrected chi connectivity index (χ4v) is 8.03. The molecule has 3 nitrogen and oxygen atoms in total. The Morgan fingerprint density at radius 2 is 1.92 bits per heavy atom. The van der Waals surface area contributed by atoms with Crippen LogP contribution < -0.4 is 0 Å². The maximum atomic E-state index is 13.0. The van der Waals surface area contributed by atoms with Gasteiger partial charge in [-0.25, -0.2) is 4.98 Å². The van der Waals surface area contributed by atoms with Crippen molar-refractivity contribution in [3.8, 4) is 10.6 Å². The first-order valence-corrected chi connectivity index (χ1v) is 11.1. The largest absolute Gasteiger partial charge is 0.459 e. The van der Waals surface area contributed by atoms with Crippen LogP contribution in [0.4, 0.5) is 0 Å². The molecule has 4 aliphatic rings. The van der Waals surface area contributed by atoms with Crippen LogP contribution >= 0.6 is 27.3 Å². The predicted octanol–water partition coefficient (Wildman–Crippen LogP) is 5.59. The SMILES string of the molecule is O=C(OCc1csc(-c2ccccc2)n1)C12C[C@H]3C[C@@H](CC(Br)(C3)C1)C2. The van der Waals surface area contributed by atoms with Gasteiger partial charge in [-0.1, -0.05) is 46.3 Å². The van der Waals surface area contributed by atoms with E-state index >= 15 is 0 Å². The second kappa shape index (κ2) is 6.16. The van der Waals surface area contributed by atoms with Crippen molar-refractivity contribution in [1.29, 1.82) is 0 Å². The van der Waals surface area contributed by atoms with Crippen LogP contribution in [0, 0.1) is 17.3 Å². The number of halogens is 1. The van der Waals surface area contributed by atoms with E-state index < -0.39 is 0 Å². The van der Waals surface area contributed by atoms with Crippen LogP contribution in [-0.4, -0.2) is 15.3 Å².